The van der Waals surface area contributed by atoms with Crippen molar-refractivity contribution in [2.24, 2.45) is 5.41 Å². The van der Waals surface area contributed by atoms with E-state index in [2.05, 4.69) is 4.74 Å². The predicted octanol–water partition coefficient (Wildman–Crippen LogP) is 2.80. The molecule has 0 amide bonds. The van der Waals surface area contributed by atoms with Gasteiger partial charge in [-0.15, -0.1) is 0 Å². The molecule has 20 heavy (non-hydrogen) atoms. The molecular formula is C12H18F4O4. The van der Waals surface area contributed by atoms with E-state index in [1.807, 2.05) is 20.8 Å². The van der Waals surface area contributed by atoms with Crippen LogP contribution in [-0.2, 0) is 19.1 Å². The van der Waals surface area contributed by atoms with E-state index in [0.717, 1.165) is 0 Å². The van der Waals surface area contributed by atoms with E-state index in [1.54, 1.807) is 0 Å². The van der Waals surface area contributed by atoms with Crippen LogP contribution in [0.15, 0.2) is 0 Å². The molecule has 0 aliphatic carbocycles. The minimum Gasteiger partial charge on any atom is -0.465 e. The largest absolute Gasteiger partial charge is 0.465 e. The van der Waals surface area contributed by atoms with E-state index in [-0.39, 0.29) is 18.4 Å². The lowest BCUT2D eigenvalue weighted by molar-refractivity contribution is -0.180. The Bertz CT molecular complexity index is 337. The lowest BCUT2D eigenvalue weighted by Crippen LogP contribution is -2.33. The zero-order valence-corrected chi connectivity index (χ0v) is 11.6. The Labute approximate surface area is 114 Å². The van der Waals surface area contributed by atoms with Crippen LogP contribution in [0.4, 0.5) is 17.6 Å². The number of hydrogen-bond donors (Lipinski definition) is 0. The second-order valence-corrected chi connectivity index (χ2v) is 5.44. The van der Waals surface area contributed by atoms with Gasteiger partial charge in [0.05, 0.1) is 19.4 Å². The summed E-state index contributed by atoms with van der Waals surface area (Å²) < 4.78 is 57.2. The van der Waals surface area contributed by atoms with Gasteiger partial charge in [-0.2, -0.15) is 8.78 Å². The Morgan fingerprint density at radius 1 is 0.950 bits per heavy atom. The number of hydrogen-bond acceptors (Lipinski definition) is 4. The molecule has 0 heterocycles. The van der Waals surface area contributed by atoms with Crippen LogP contribution in [0.2, 0.25) is 0 Å². The number of halogens is 4. The van der Waals surface area contributed by atoms with Crippen molar-refractivity contribution in [1.29, 1.82) is 0 Å². The molecule has 0 radical (unpaired) electrons. The van der Waals surface area contributed by atoms with Gasteiger partial charge in [0.1, 0.15) is 0 Å². The Morgan fingerprint density at radius 3 is 1.70 bits per heavy atom. The molecule has 118 valence electrons. The highest BCUT2D eigenvalue weighted by atomic mass is 19.3. The van der Waals surface area contributed by atoms with Gasteiger partial charge < -0.3 is 9.47 Å². The second-order valence-electron chi connectivity index (χ2n) is 5.44. The Morgan fingerprint density at radius 2 is 1.35 bits per heavy atom. The molecule has 0 bridgehead atoms. The molecular weight excluding hydrogens is 284 g/mol. The lowest BCUT2D eigenvalue weighted by atomic mass is 9.99. The zero-order chi connectivity index (χ0) is 16.0. The smallest absolute Gasteiger partial charge is 0.340 e. The average molecular weight is 302 g/mol. The molecule has 0 aromatic rings. The third-order valence-corrected chi connectivity index (χ3v) is 1.94. The van der Waals surface area contributed by atoms with Crippen molar-refractivity contribution in [2.45, 2.75) is 46.0 Å². The van der Waals surface area contributed by atoms with Crippen LogP contribution in [0.3, 0.4) is 0 Å². The maximum absolute atomic E-state index is 12.4. The van der Waals surface area contributed by atoms with Crippen LogP contribution in [-0.4, -0.2) is 37.5 Å². The number of carbonyl (C=O) groups excluding carboxylic acids is 2. The molecule has 0 aliphatic heterocycles. The zero-order valence-electron chi connectivity index (χ0n) is 11.6. The van der Waals surface area contributed by atoms with E-state index in [9.17, 15) is 27.2 Å². The highest BCUT2D eigenvalue weighted by molar-refractivity contribution is 5.77. The summed E-state index contributed by atoms with van der Waals surface area (Å²) in [5.41, 5.74) is -0.241. The van der Waals surface area contributed by atoms with Crippen LogP contribution in [0.5, 0.6) is 0 Å². The molecule has 0 aromatic heterocycles. The van der Waals surface area contributed by atoms with Gasteiger partial charge in [0.15, 0.2) is 6.61 Å². The quantitative estimate of drug-likeness (QED) is 0.536. The molecule has 0 rings (SSSR count). The first-order chi connectivity index (χ1) is 8.94. The molecule has 0 fully saturated rings. The number of alkyl halides is 4. The molecule has 0 saturated heterocycles. The van der Waals surface area contributed by atoms with Gasteiger partial charge in [-0.1, -0.05) is 20.8 Å². The monoisotopic (exact) mass is 302 g/mol. The number of rotatable bonds is 7. The molecule has 0 unspecified atom stereocenters. The van der Waals surface area contributed by atoms with Crippen LogP contribution in [0, 0.1) is 5.41 Å². The second kappa shape index (κ2) is 7.44. The summed E-state index contributed by atoms with van der Waals surface area (Å²) >= 11 is 0. The molecule has 0 atom stereocenters. The Hall–Kier alpha value is -1.34. The van der Waals surface area contributed by atoms with E-state index in [4.69, 9.17) is 4.74 Å². The van der Waals surface area contributed by atoms with Crippen LogP contribution in [0.1, 0.15) is 33.6 Å². The molecule has 0 saturated carbocycles. The molecule has 0 spiro atoms. The normalized spacial score (nSPS) is 12.4. The Kier molecular flexibility index (Phi) is 6.95. The SMILES string of the molecule is CC(C)(C)COC(=O)CCC(=O)OCC(F)(F)C(F)F. The van der Waals surface area contributed by atoms with E-state index in [1.165, 1.54) is 0 Å². The summed E-state index contributed by atoms with van der Waals surface area (Å²) in [6.07, 6.45) is -4.76. The van der Waals surface area contributed by atoms with Gasteiger partial charge in [0.2, 0.25) is 0 Å². The summed E-state index contributed by atoms with van der Waals surface area (Å²) in [5, 5.41) is 0. The number of ether oxygens (including phenoxy) is 2. The fourth-order valence-electron chi connectivity index (χ4n) is 0.885. The summed E-state index contributed by atoms with van der Waals surface area (Å²) in [5.74, 6) is -6.22. The van der Waals surface area contributed by atoms with Crippen LogP contribution in [0.25, 0.3) is 0 Å². The standard InChI is InChI=1S/C12H18F4O4/c1-11(2,3)6-19-8(17)4-5-9(18)20-7-12(15,16)10(13)14/h10H,4-7H2,1-3H3. The van der Waals surface area contributed by atoms with Crippen LogP contribution < -0.4 is 0 Å². The maximum atomic E-state index is 12.4. The minimum atomic E-state index is -4.39. The first-order valence-electron chi connectivity index (χ1n) is 5.91. The fourth-order valence-corrected chi connectivity index (χ4v) is 0.885. The van der Waals surface area contributed by atoms with Crippen molar-refractivity contribution >= 4 is 11.9 Å². The van der Waals surface area contributed by atoms with Gasteiger partial charge in [-0.25, -0.2) is 8.78 Å². The molecule has 0 N–H and O–H groups in total. The van der Waals surface area contributed by atoms with Crippen molar-refractivity contribution in [2.75, 3.05) is 13.2 Å². The van der Waals surface area contributed by atoms with Gasteiger partial charge in [0, 0.05) is 0 Å². The molecule has 0 aliphatic rings. The molecule has 4 nitrogen and oxygen atoms in total. The Balaban J connectivity index is 3.92. The van der Waals surface area contributed by atoms with E-state index in [0.29, 0.717) is 0 Å². The topological polar surface area (TPSA) is 52.6 Å². The minimum absolute atomic E-state index is 0.143. The third-order valence-electron chi connectivity index (χ3n) is 1.94. The van der Waals surface area contributed by atoms with Gasteiger partial charge in [-0.3, -0.25) is 9.59 Å². The number of carbonyl (C=O) groups is 2. The third kappa shape index (κ3) is 8.71. The van der Waals surface area contributed by atoms with Crippen molar-refractivity contribution in [3.8, 4) is 0 Å². The van der Waals surface area contributed by atoms with Crippen LogP contribution >= 0.6 is 0 Å². The molecule has 8 heteroatoms. The number of esters is 2. The summed E-state index contributed by atoms with van der Waals surface area (Å²) in [4.78, 5) is 22.2. The summed E-state index contributed by atoms with van der Waals surface area (Å²) in [7, 11) is 0. The maximum Gasteiger partial charge on any atom is 0.340 e. The van der Waals surface area contributed by atoms with Crippen molar-refractivity contribution < 1.29 is 36.6 Å². The summed E-state index contributed by atoms with van der Waals surface area (Å²) in [6, 6.07) is 0. The van der Waals surface area contributed by atoms with E-state index < -0.39 is 37.3 Å². The van der Waals surface area contributed by atoms with E-state index >= 15 is 0 Å². The predicted molar refractivity (Wildman–Crippen MR) is 61.6 cm³/mol. The van der Waals surface area contributed by atoms with Crippen molar-refractivity contribution in [1.82, 2.24) is 0 Å². The van der Waals surface area contributed by atoms with Crippen molar-refractivity contribution in [3.05, 3.63) is 0 Å². The molecule has 0 aromatic carbocycles. The average Bonchev–Trinajstić information content (AvgIpc) is 2.30. The highest BCUT2D eigenvalue weighted by Gasteiger charge is 2.42. The first-order valence-corrected chi connectivity index (χ1v) is 5.91. The van der Waals surface area contributed by atoms with Gasteiger partial charge >= 0.3 is 24.3 Å². The fraction of sp³-hybridized carbons (Fsp3) is 0.833. The van der Waals surface area contributed by atoms with Crippen molar-refractivity contribution in [3.63, 3.8) is 0 Å². The summed E-state index contributed by atoms with van der Waals surface area (Å²) in [6.45, 7) is 3.94. The van der Waals surface area contributed by atoms with Gasteiger partial charge in [0.25, 0.3) is 0 Å². The van der Waals surface area contributed by atoms with Gasteiger partial charge in [-0.05, 0) is 5.41 Å². The lowest BCUT2D eigenvalue weighted by Gasteiger charge is -2.17. The highest BCUT2D eigenvalue weighted by Crippen LogP contribution is 2.23. The first kappa shape index (κ1) is 18.7.